The van der Waals surface area contributed by atoms with Crippen molar-refractivity contribution in [3.05, 3.63) is 40.9 Å². The Morgan fingerprint density at radius 3 is 2.54 bits per heavy atom. The third-order valence-electron chi connectivity index (χ3n) is 4.37. The quantitative estimate of drug-likeness (QED) is 0.889. The molecule has 2 aromatic rings. The number of carboxylic acid groups (broad SMARTS) is 1. The number of aromatic nitrogens is 1. The zero-order valence-electron chi connectivity index (χ0n) is 13.2. The van der Waals surface area contributed by atoms with Crippen molar-refractivity contribution >= 4 is 23.2 Å². The average molecular weight is 346 g/mol. The monoisotopic (exact) mass is 346 g/mol. The van der Waals surface area contributed by atoms with E-state index in [1.54, 1.807) is 10.3 Å². The first-order valence-electron chi connectivity index (χ1n) is 7.67. The molecule has 1 amide bonds. The van der Waals surface area contributed by atoms with Crippen LogP contribution < -0.4 is 0 Å². The number of aliphatic carboxylic acids is 1. The Hall–Kier alpha value is -2.25. The Bertz CT molecular complexity index is 778. The van der Waals surface area contributed by atoms with E-state index < -0.39 is 11.6 Å². The number of carboxylic acids is 1. The van der Waals surface area contributed by atoms with Gasteiger partial charge in [-0.05, 0) is 12.5 Å². The number of aryl methyl sites for hydroxylation is 1. The van der Waals surface area contributed by atoms with Gasteiger partial charge in [0, 0.05) is 36.9 Å². The first-order valence-corrected chi connectivity index (χ1v) is 8.55. The number of amides is 1. The standard InChI is InChI=1S/C17H18N2O4S/c1-11-4-2-3-5-12(11)14-18-13(10-24-14)15(20)19-8-6-17(23,7-9-19)16(21)22/h2-5,10,23H,6-9H2,1H3,(H,21,22). The lowest BCUT2D eigenvalue weighted by Crippen LogP contribution is -2.50. The maximum Gasteiger partial charge on any atom is 0.335 e. The second-order valence-electron chi connectivity index (χ2n) is 5.98. The summed E-state index contributed by atoms with van der Waals surface area (Å²) in [5.41, 5.74) is 0.723. The molecule has 1 aliphatic rings. The van der Waals surface area contributed by atoms with Gasteiger partial charge in [-0.1, -0.05) is 24.3 Å². The van der Waals surface area contributed by atoms with Gasteiger partial charge in [0.2, 0.25) is 0 Å². The van der Waals surface area contributed by atoms with Gasteiger partial charge < -0.3 is 15.1 Å². The Morgan fingerprint density at radius 2 is 1.92 bits per heavy atom. The van der Waals surface area contributed by atoms with Gasteiger partial charge in [0.1, 0.15) is 10.7 Å². The van der Waals surface area contributed by atoms with Crippen molar-refractivity contribution < 1.29 is 19.8 Å². The first-order chi connectivity index (χ1) is 11.4. The minimum Gasteiger partial charge on any atom is -0.479 e. The highest BCUT2D eigenvalue weighted by molar-refractivity contribution is 7.13. The molecule has 7 heteroatoms. The summed E-state index contributed by atoms with van der Waals surface area (Å²) in [6.45, 7) is 2.41. The Kier molecular flexibility index (Phi) is 4.38. The summed E-state index contributed by atoms with van der Waals surface area (Å²) in [4.78, 5) is 29.6. The van der Waals surface area contributed by atoms with Crippen LogP contribution in [0.3, 0.4) is 0 Å². The van der Waals surface area contributed by atoms with Gasteiger partial charge in [0.05, 0.1) is 0 Å². The molecule has 1 fully saturated rings. The molecule has 126 valence electrons. The van der Waals surface area contributed by atoms with Gasteiger partial charge in [0.25, 0.3) is 5.91 Å². The van der Waals surface area contributed by atoms with Crippen molar-refractivity contribution in [1.29, 1.82) is 0 Å². The lowest BCUT2D eigenvalue weighted by atomic mass is 9.91. The normalized spacial score (nSPS) is 16.8. The number of aliphatic hydroxyl groups is 1. The highest BCUT2D eigenvalue weighted by Gasteiger charge is 2.40. The molecule has 0 unspecified atom stereocenters. The van der Waals surface area contributed by atoms with Crippen molar-refractivity contribution in [1.82, 2.24) is 9.88 Å². The minimum atomic E-state index is -1.73. The van der Waals surface area contributed by atoms with E-state index in [2.05, 4.69) is 4.98 Å². The van der Waals surface area contributed by atoms with E-state index in [-0.39, 0.29) is 31.8 Å². The number of piperidine rings is 1. The van der Waals surface area contributed by atoms with Gasteiger partial charge >= 0.3 is 5.97 Å². The van der Waals surface area contributed by atoms with E-state index in [1.807, 2.05) is 31.2 Å². The van der Waals surface area contributed by atoms with Crippen molar-refractivity contribution in [2.75, 3.05) is 13.1 Å². The molecule has 24 heavy (non-hydrogen) atoms. The molecular formula is C17H18N2O4S. The van der Waals surface area contributed by atoms with E-state index in [9.17, 15) is 14.7 Å². The number of carbonyl (C=O) groups is 2. The number of hydrogen-bond donors (Lipinski definition) is 2. The van der Waals surface area contributed by atoms with Crippen molar-refractivity contribution in [2.45, 2.75) is 25.4 Å². The third-order valence-corrected chi connectivity index (χ3v) is 5.25. The van der Waals surface area contributed by atoms with Crippen LogP contribution in [0, 0.1) is 6.92 Å². The van der Waals surface area contributed by atoms with E-state index >= 15 is 0 Å². The van der Waals surface area contributed by atoms with Gasteiger partial charge in [-0.2, -0.15) is 0 Å². The van der Waals surface area contributed by atoms with Gasteiger partial charge in [-0.15, -0.1) is 11.3 Å². The predicted octanol–water partition coefficient (Wildman–Crippen LogP) is 2.17. The van der Waals surface area contributed by atoms with Gasteiger partial charge in [-0.25, -0.2) is 9.78 Å². The summed E-state index contributed by atoms with van der Waals surface area (Å²) >= 11 is 1.41. The molecule has 1 saturated heterocycles. The number of likely N-dealkylation sites (tertiary alicyclic amines) is 1. The van der Waals surface area contributed by atoms with Crippen LogP contribution in [0.5, 0.6) is 0 Å². The number of nitrogens with zero attached hydrogens (tertiary/aromatic N) is 2. The molecule has 0 radical (unpaired) electrons. The second-order valence-corrected chi connectivity index (χ2v) is 6.84. The Morgan fingerprint density at radius 1 is 1.25 bits per heavy atom. The zero-order valence-corrected chi connectivity index (χ0v) is 14.0. The minimum absolute atomic E-state index is 0.0306. The Labute approximate surface area is 143 Å². The highest BCUT2D eigenvalue weighted by Crippen LogP contribution is 2.28. The number of rotatable bonds is 3. The summed E-state index contributed by atoms with van der Waals surface area (Å²) in [6, 6.07) is 7.85. The average Bonchev–Trinajstić information content (AvgIpc) is 3.05. The van der Waals surface area contributed by atoms with E-state index in [0.29, 0.717) is 5.69 Å². The fraction of sp³-hybridized carbons (Fsp3) is 0.353. The van der Waals surface area contributed by atoms with Gasteiger partial charge in [-0.3, -0.25) is 4.79 Å². The fourth-order valence-corrected chi connectivity index (χ4v) is 3.65. The lowest BCUT2D eigenvalue weighted by Gasteiger charge is -2.34. The number of benzene rings is 1. The van der Waals surface area contributed by atoms with Crippen LogP contribution in [0.15, 0.2) is 29.6 Å². The van der Waals surface area contributed by atoms with Crippen molar-refractivity contribution in [3.8, 4) is 10.6 Å². The van der Waals surface area contributed by atoms with Crippen LogP contribution in [0.4, 0.5) is 0 Å². The molecular weight excluding hydrogens is 328 g/mol. The summed E-state index contributed by atoms with van der Waals surface area (Å²) in [7, 11) is 0. The number of thiazole rings is 1. The molecule has 0 saturated carbocycles. The predicted molar refractivity (Wildman–Crippen MR) is 90.0 cm³/mol. The van der Waals surface area contributed by atoms with Crippen LogP contribution in [-0.4, -0.2) is 50.7 Å². The van der Waals surface area contributed by atoms with Crippen LogP contribution in [0.1, 0.15) is 28.9 Å². The molecule has 0 atom stereocenters. The van der Waals surface area contributed by atoms with E-state index in [1.165, 1.54) is 11.3 Å². The Balaban J connectivity index is 1.74. The summed E-state index contributed by atoms with van der Waals surface area (Å²) in [5.74, 6) is -1.45. The first kappa shape index (κ1) is 16.6. The van der Waals surface area contributed by atoms with Gasteiger partial charge in [0.15, 0.2) is 5.60 Å². The van der Waals surface area contributed by atoms with Crippen molar-refractivity contribution in [2.24, 2.45) is 0 Å². The van der Waals surface area contributed by atoms with Crippen LogP contribution >= 0.6 is 11.3 Å². The molecule has 0 spiro atoms. The summed E-state index contributed by atoms with van der Waals surface area (Å²) < 4.78 is 0. The van der Waals surface area contributed by atoms with Crippen LogP contribution in [0.2, 0.25) is 0 Å². The molecule has 1 aromatic carbocycles. The largest absolute Gasteiger partial charge is 0.479 e. The zero-order chi connectivity index (χ0) is 17.3. The number of carbonyl (C=O) groups excluding carboxylic acids is 1. The maximum atomic E-state index is 12.6. The summed E-state index contributed by atoms with van der Waals surface area (Å²) in [5, 5.41) is 21.5. The fourth-order valence-electron chi connectivity index (χ4n) is 2.76. The molecule has 2 N–H and O–H groups in total. The topological polar surface area (TPSA) is 90.7 Å². The molecule has 1 aliphatic heterocycles. The second kappa shape index (κ2) is 6.33. The van der Waals surface area contributed by atoms with Crippen molar-refractivity contribution in [3.63, 3.8) is 0 Å². The molecule has 2 heterocycles. The lowest BCUT2D eigenvalue weighted by molar-refractivity contribution is -0.162. The van der Waals surface area contributed by atoms with Crippen LogP contribution in [0.25, 0.3) is 10.6 Å². The number of hydrogen-bond acceptors (Lipinski definition) is 5. The highest BCUT2D eigenvalue weighted by atomic mass is 32.1. The molecule has 0 bridgehead atoms. The maximum absolute atomic E-state index is 12.6. The SMILES string of the molecule is Cc1ccccc1-c1nc(C(=O)N2CCC(O)(C(=O)O)CC2)cs1. The van der Waals surface area contributed by atoms with E-state index in [4.69, 9.17) is 5.11 Å². The molecule has 6 nitrogen and oxygen atoms in total. The third kappa shape index (κ3) is 3.05. The van der Waals surface area contributed by atoms with E-state index in [0.717, 1.165) is 16.1 Å². The molecule has 3 rings (SSSR count). The summed E-state index contributed by atoms with van der Waals surface area (Å²) in [6.07, 6.45) is 0.0612. The smallest absolute Gasteiger partial charge is 0.335 e. The molecule has 0 aliphatic carbocycles. The van der Waals surface area contributed by atoms with Crippen LogP contribution in [-0.2, 0) is 4.79 Å². The molecule has 1 aromatic heterocycles.